The van der Waals surface area contributed by atoms with Crippen molar-refractivity contribution in [3.8, 4) is 16.9 Å². The van der Waals surface area contributed by atoms with Gasteiger partial charge in [0.2, 0.25) is 0 Å². The maximum absolute atomic E-state index is 6.25. The number of halogens is 1. The van der Waals surface area contributed by atoms with Gasteiger partial charge in [0, 0.05) is 17.5 Å². The van der Waals surface area contributed by atoms with Crippen LogP contribution in [0.4, 0.5) is 0 Å². The van der Waals surface area contributed by atoms with E-state index >= 15 is 0 Å². The summed E-state index contributed by atoms with van der Waals surface area (Å²) in [6.45, 7) is 3.48. The predicted molar refractivity (Wildman–Crippen MR) is 90.3 cm³/mol. The third-order valence-electron chi connectivity index (χ3n) is 4.42. The lowest BCUT2D eigenvalue weighted by Gasteiger charge is -2.14. The summed E-state index contributed by atoms with van der Waals surface area (Å²) >= 11 is 6.25. The van der Waals surface area contributed by atoms with E-state index in [1.54, 1.807) is 6.20 Å². The number of pyridine rings is 1. The largest absolute Gasteiger partial charge is 0.491 e. The lowest BCUT2D eigenvalue weighted by molar-refractivity contribution is 0.238. The molecule has 116 valence electrons. The first-order chi connectivity index (χ1) is 10.7. The molecule has 0 amide bonds. The number of hydrogen-bond donors (Lipinski definition) is 1. The van der Waals surface area contributed by atoms with E-state index in [1.807, 2.05) is 6.07 Å². The average Bonchev–Trinajstić information content (AvgIpc) is 3.35. The van der Waals surface area contributed by atoms with Gasteiger partial charge in [-0.2, -0.15) is 0 Å². The summed E-state index contributed by atoms with van der Waals surface area (Å²) in [6.07, 6.45) is 5.00. The number of benzene rings is 1. The van der Waals surface area contributed by atoms with E-state index < -0.39 is 0 Å². The van der Waals surface area contributed by atoms with Gasteiger partial charge in [-0.1, -0.05) is 42.8 Å². The monoisotopic (exact) mass is 316 g/mol. The summed E-state index contributed by atoms with van der Waals surface area (Å²) in [7, 11) is 0. The second kappa shape index (κ2) is 6.27. The highest BCUT2D eigenvalue weighted by molar-refractivity contribution is 6.32. The summed E-state index contributed by atoms with van der Waals surface area (Å²) in [4.78, 5) is 4.25. The van der Waals surface area contributed by atoms with Crippen molar-refractivity contribution in [3.63, 3.8) is 0 Å². The minimum Gasteiger partial charge on any atom is -0.491 e. The Hall–Kier alpha value is -1.58. The van der Waals surface area contributed by atoms with E-state index in [1.165, 1.54) is 5.56 Å². The molecule has 1 aromatic carbocycles. The molecule has 0 unspecified atom stereocenters. The van der Waals surface area contributed by atoms with Crippen LogP contribution in [0.15, 0.2) is 36.5 Å². The van der Waals surface area contributed by atoms with Crippen molar-refractivity contribution in [1.29, 1.82) is 0 Å². The molecule has 1 saturated carbocycles. The van der Waals surface area contributed by atoms with Crippen LogP contribution in [0.2, 0.25) is 5.15 Å². The number of aryl methyl sites for hydroxylation is 1. The van der Waals surface area contributed by atoms with E-state index in [0.717, 1.165) is 36.1 Å². The molecular weight excluding hydrogens is 296 g/mol. The maximum Gasteiger partial charge on any atom is 0.138 e. The molecular formula is C18H21ClN2O. The molecule has 1 fully saturated rings. The zero-order valence-corrected chi connectivity index (χ0v) is 13.6. The number of ether oxygens (including phenoxy) is 1. The van der Waals surface area contributed by atoms with Crippen LogP contribution in [0.3, 0.4) is 0 Å². The minimum absolute atomic E-state index is 0.183. The maximum atomic E-state index is 6.25. The van der Waals surface area contributed by atoms with E-state index in [4.69, 9.17) is 22.1 Å². The van der Waals surface area contributed by atoms with Crippen molar-refractivity contribution in [1.82, 2.24) is 4.98 Å². The summed E-state index contributed by atoms with van der Waals surface area (Å²) in [5.74, 6) is 0.749. The molecule has 0 aliphatic heterocycles. The fraction of sp³-hybridized carbons (Fsp3) is 0.389. The third kappa shape index (κ3) is 3.26. The number of hydrogen-bond acceptors (Lipinski definition) is 3. The molecule has 0 spiro atoms. The topological polar surface area (TPSA) is 48.1 Å². The number of nitrogens with zero attached hydrogens (tertiary/aromatic N) is 1. The standard InChI is InChI=1S/C18H21ClN2O/c1-2-13-3-5-14(6-4-13)16-9-15(10-21-17(16)19)22-12-18(11-20)7-8-18/h3-6,9-10H,2,7-8,11-12,20H2,1H3. The zero-order valence-electron chi connectivity index (χ0n) is 12.8. The first-order valence-corrected chi connectivity index (χ1v) is 8.11. The molecule has 3 rings (SSSR count). The predicted octanol–water partition coefficient (Wildman–Crippen LogP) is 4.08. The van der Waals surface area contributed by atoms with E-state index in [0.29, 0.717) is 18.3 Å². The first kappa shape index (κ1) is 15.3. The molecule has 1 heterocycles. The van der Waals surface area contributed by atoms with Crippen molar-refractivity contribution < 1.29 is 4.74 Å². The van der Waals surface area contributed by atoms with Gasteiger partial charge in [0.25, 0.3) is 0 Å². The molecule has 3 nitrogen and oxygen atoms in total. The zero-order chi connectivity index (χ0) is 15.6. The van der Waals surface area contributed by atoms with Crippen molar-refractivity contribution in [2.75, 3.05) is 13.2 Å². The summed E-state index contributed by atoms with van der Waals surface area (Å²) in [5.41, 5.74) is 9.23. The van der Waals surface area contributed by atoms with Crippen molar-refractivity contribution >= 4 is 11.6 Å². The van der Waals surface area contributed by atoms with Gasteiger partial charge < -0.3 is 10.5 Å². The van der Waals surface area contributed by atoms with Gasteiger partial charge in [-0.15, -0.1) is 0 Å². The molecule has 1 aromatic heterocycles. The SMILES string of the molecule is CCc1ccc(-c2cc(OCC3(CN)CC3)cnc2Cl)cc1. The minimum atomic E-state index is 0.183. The Morgan fingerprint density at radius 1 is 1.27 bits per heavy atom. The van der Waals surface area contributed by atoms with E-state index in [2.05, 4.69) is 36.2 Å². The van der Waals surface area contributed by atoms with Crippen molar-refractivity contribution in [2.45, 2.75) is 26.2 Å². The Bertz CT molecular complexity index is 651. The molecule has 0 bridgehead atoms. The van der Waals surface area contributed by atoms with Gasteiger partial charge in [-0.3, -0.25) is 0 Å². The van der Waals surface area contributed by atoms with Crippen molar-refractivity contribution in [3.05, 3.63) is 47.2 Å². The average molecular weight is 317 g/mol. The van der Waals surface area contributed by atoms with Crippen molar-refractivity contribution in [2.24, 2.45) is 11.1 Å². The Kier molecular flexibility index (Phi) is 4.37. The smallest absolute Gasteiger partial charge is 0.138 e. The van der Waals surface area contributed by atoms with Crippen LogP contribution in [-0.2, 0) is 6.42 Å². The normalized spacial score (nSPS) is 15.6. The highest BCUT2D eigenvalue weighted by Gasteiger charge is 2.42. The van der Waals surface area contributed by atoms with Crippen LogP contribution in [-0.4, -0.2) is 18.1 Å². The molecule has 0 saturated heterocycles. The van der Waals surface area contributed by atoms with Crippen LogP contribution in [0.1, 0.15) is 25.3 Å². The summed E-state index contributed by atoms with van der Waals surface area (Å²) < 4.78 is 5.89. The summed E-state index contributed by atoms with van der Waals surface area (Å²) in [6, 6.07) is 10.4. The highest BCUT2D eigenvalue weighted by atomic mass is 35.5. The van der Waals surface area contributed by atoms with Gasteiger partial charge in [-0.25, -0.2) is 4.98 Å². The van der Waals surface area contributed by atoms with Gasteiger partial charge in [0.15, 0.2) is 0 Å². The van der Waals surface area contributed by atoms with Gasteiger partial charge in [0.05, 0.1) is 12.8 Å². The Balaban J connectivity index is 1.79. The molecule has 1 aliphatic carbocycles. The molecule has 1 aliphatic rings. The van der Waals surface area contributed by atoms with Crippen LogP contribution in [0.25, 0.3) is 11.1 Å². The molecule has 2 aromatic rings. The molecule has 4 heteroatoms. The molecule has 0 atom stereocenters. The number of rotatable bonds is 6. The van der Waals surface area contributed by atoms with E-state index in [9.17, 15) is 0 Å². The Morgan fingerprint density at radius 3 is 2.59 bits per heavy atom. The molecule has 22 heavy (non-hydrogen) atoms. The number of nitrogens with two attached hydrogens (primary N) is 1. The second-order valence-corrected chi connectivity index (χ2v) is 6.41. The fourth-order valence-corrected chi connectivity index (χ4v) is 2.66. The first-order valence-electron chi connectivity index (χ1n) is 7.73. The Labute approximate surface area is 136 Å². The number of aromatic nitrogens is 1. The van der Waals surface area contributed by atoms with Gasteiger partial charge >= 0.3 is 0 Å². The van der Waals surface area contributed by atoms with Crippen LogP contribution < -0.4 is 10.5 Å². The highest BCUT2D eigenvalue weighted by Crippen LogP contribution is 2.44. The lowest BCUT2D eigenvalue weighted by atomic mass is 10.0. The summed E-state index contributed by atoms with van der Waals surface area (Å²) in [5, 5.41) is 0.497. The van der Waals surface area contributed by atoms with Gasteiger partial charge in [-0.05, 0) is 36.5 Å². The van der Waals surface area contributed by atoms with Crippen LogP contribution >= 0.6 is 11.6 Å². The van der Waals surface area contributed by atoms with Crippen LogP contribution in [0, 0.1) is 5.41 Å². The van der Waals surface area contributed by atoms with E-state index in [-0.39, 0.29) is 5.41 Å². The fourth-order valence-electron chi connectivity index (χ4n) is 2.45. The van der Waals surface area contributed by atoms with Gasteiger partial charge in [0.1, 0.15) is 10.9 Å². The quantitative estimate of drug-likeness (QED) is 0.817. The second-order valence-electron chi connectivity index (χ2n) is 6.05. The Morgan fingerprint density at radius 2 is 2.00 bits per heavy atom. The lowest BCUT2D eigenvalue weighted by Crippen LogP contribution is -2.22. The molecule has 2 N–H and O–H groups in total. The van der Waals surface area contributed by atoms with Crippen LogP contribution in [0.5, 0.6) is 5.75 Å². The third-order valence-corrected chi connectivity index (χ3v) is 4.72. The molecule has 0 radical (unpaired) electrons.